The molecule has 0 radical (unpaired) electrons. The summed E-state index contributed by atoms with van der Waals surface area (Å²) in [5, 5.41) is 19.5. The molecule has 6 heteroatoms. The fraction of sp³-hybridized carbons (Fsp3) is 0.767. The Labute approximate surface area is 301 Å². The lowest BCUT2D eigenvalue weighted by Crippen LogP contribution is -2.25. The Morgan fingerprint density at radius 2 is 0.878 bits per heavy atom. The Morgan fingerprint density at radius 1 is 0.490 bits per heavy atom. The van der Waals surface area contributed by atoms with E-state index in [0.717, 1.165) is 70.1 Å². The van der Waals surface area contributed by atoms with Gasteiger partial charge in [0.2, 0.25) is 0 Å². The van der Waals surface area contributed by atoms with E-state index in [1.807, 2.05) is 6.92 Å². The van der Waals surface area contributed by atoms with Crippen LogP contribution in [0.15, 0.2) is 48.6 Å². The Balaban J connectivity index is 3.53. The summed E-state index contributed by atoms with van der Waals surface area (Å²) in [5.74, 6) is 0.201. The van der Waals surface area contributed by atoms with Gasteiger partial charge in [-0.05, 0) is 63.7 Å². The number of rotatable bonds is 35. The molecular formula is C43H76O6. The molecule has 0 bridgehead atoms. The SMILES string of the molecule is CC[C@H](O)CC/C=C\C/C=C\C/C=C\C/C=C\CCCC(=O)OC[C@H](O)COC(=O)CCCCCCCCCCCCCCCCC(C)C. The molecule has 0 saturated heterocycles. The second kappa shape index (κ2) is 37.1. The van der Waals surface area contributed by atoms with Gasteiger partial charge in [0.05, 0.1) is 6.10 Å². The number of hydrogen-bond acceptors (Lipinski definition) is 6. The molecular weight excluding hydrogens is 612 g/mol. The van der Waals surface area contributed by atoms with E-state index in [-0.39, 0.29) is 31.3 Å². The monoisotopic (exact) mass is 689 g/mol. The highest BCUT2D eigenvalue weighted by Crippen LogP contribution is 2.15. The van der Waals surface area contributed by atoms with Crippen molar-refractivity contribution in [2.24, 2.45) is 5.92 Å². The number of unbranched alkanes of at least 4 members (excludes halogenated alkanes) is 14. The smallest absolute Gasteiger partial charge is 0.305 e. The van der Waals surface area contributed by atoms with Gasteiger partial charge in [-0.25, -0.2) is 0 Å². The lowest BCUT2D eigenvalue weighted by molar-refractivity contribution is -0.152. The maximum Gasteiger partial charge on any atom is 0.305 e. The first-order valence-electron chi connectivity index (χ1n) is 20.1. The minimum Gasteiger partial charge on any atom is -0.463 e. The van der Waals surface area contributed by atoms with E-state index < -0.39 is 6.10 Å². The van der Waals surface area contributed by atoms with Crippen LogP contribution in [0.1, 0.15) is 181 Å². The van der Waals surface area contributed by atoms with Gasteiger partial charge in [0.1, 0.15) is 19.3 Å². The first-order valence-corrected chi connectivity index (χ1v) is 20.1. The minimum absolute atomic E-state index is 0.141. The van der Waals surface area contributed by atoms with E-state index in [4.69, 9.17) is 9.47 Å². The van der Waals surface area contributed by atoms with Crippen LogP contribution >= 0.6 is 0 Å². The third-order valence-corrected chi connectivity index (χ3v) is 8.66. The van der Waals surface area contributed by atoms with Gasteiger partial charge < -0.3 is 19.7 Å². The Bertz CT molecular complexity index is 858. The van der Waals surface area contributed by atoms with E-state index in [1.54, 1.807) is 0 Å². The molecule has 0 saturated carbocycles. The second-order valence-electron chi connectivity index (χ2n) is 14.0. The predicted octanol–water partition coefficient (Wildman–Crippen LogP) is 11.4. The number of allylic oxidation sites excluding steroid dienone is 8. The molecule has 0 aromatic rings. The van der Waals surface area contributed by atoms with Crippen molar-refractivity contribution in [2.45, 2.75) is 193 Å². The number of carbonyl (C=O) groups excluding carboxylic acids is 2. The zero-order chi connectivity index (χ0) is 36.0. The highest BCUT2D eigenvalue weighted by atomic mass is 16.6. The van der Waals surface area contributed by atoms with Gasteiger partial charge in [0.25, 0.3) is 0 Å². The van der Waals surface area contributed by atoms with Crippen molar-refractivity contribution in [3.63, 3.8) is 0 Å². The van der Waals surface area contributed by atoms with Crippen molar-refractivity contribution in [1.29, 1.82) is 0 Å². The van der Waals surface area contributed by atoms with Crippen LogP contribution in [0.3, 0.4) is 0 Å². The van der Waals surface area contributed by atoms with Crippen molar-refractivity contribution in [1.82, 2.24) is 0 Å². The largest absolute Gasteiger partial charge is 0.463 e. The fourth-order valence-corrected chi connectivity index (χ4v) is 5.42. The van der Waals surface area contributed by atoms with E-state index in [9.17, 15) is 19.8 Å². The zero-order valence-corrected chi connectivity index (χ0v) is 32.0. The second-order valence-corrected chi connectivity index (χ2v) is 14.0. The van der Waals surface area contributed by atoms with Crippen LogP contribution in [0.2, 0.25) is 0 Å². The molecule has 0 aliphatic carbocycles. The topological polar surface area (TPSA) is 93.1 Å². The first kappa shape index (κ1) is 46.8. The van der Waals surface area contributed by atoms with Crippen LogP contribution in [-0.4, -0.2) is 47.6 Å². The fourth-order valence-electron chi connectivity index (χ4n) is 5.42. The Morgan fingerprint density at radius 3 is 1.33 bits per heavy atom. The van der Waals surface area contributed by atoms with Crippen molar-refractivity contribution < 1.29 is 29.3 Å². The zero-order valence-electron chi connectivity index (χ0n) is 32.0. The normalized spacial score (nSPS) is 13.4. The van der Waals surface area contributed by atoms with E-state index in [2.05, 4.69) is 62.5 Å². The Hall–Kier alpha value is -2.18. The minimum atomic E-state index is -0.994. The molecule has 2 N–H and O–H groups in total. The third kappa shape index (κ3) is 38.5. The van der Waals surface area contributed by atoms with Gasteiger partial charge in [-0.15, -0.1) is 0 Å². The average Bonchev–Trinajstić information content (AvgIpc) is 3.09. The van der Waals surface area contributed by atoms with E-state index in [0.29, 0.717) is 19.3 Å². The van der Waals surface area contributed by atoms with Gasteiger partial charge >= 0.3 is 11.9 Å². The molecule has 6 nitrogen and oxygen atoms in total. The maximum absolute atomic E-state index is 12.0. The molecule has 0 fully saturated rings. The lowest BCUT2D eigenvalue weighted by atomic mass is 10.0. The van der Waals surface area contributed by atoms with Crippen LogP contribution < -0.4 is 0 Å². The standard InChI is InChI=1S/C43H76O6/c1-4-40(44)34-30-26-22-18-14-10-6-8-12-16-20-24-28-32-36-43(47)49-38-41(45)37-48-42(46)35-31-27-23-19-15-11-7-5-9-13-17-21-25-29-33-39(2)3/h8,10,12,14,20,22,24,26,39-41,44-45H,4-7,9,11,13,15-19,21,23,25,27-38H2,1-3H3/b12-8-,14-10-,24-20-,26-22-/t40-,41+/m0/s1. The summed E-state index contributed by atoms with van der Waals surface area (Å²) < 4.78 is 10.3. The molecule has 0 spiro atoms. The molecule has 49 heavy (non-hydrogen) atoms. The summed E-state index contributed by atoms with van der Waals surface area (Å²) in [4.78, 5) is 23.9. The summed E-state index contributed by atoms with van der Waals surface area (Å²) >= 11 is 0. The number of aliphatic hydroxyl groups excluding tert-OH is 2. The molecule has 0 aromatic carbocycles. The van der Waals surface area contributed by atoms with Crippen LogP contribution in [0.4, 0.5) is 0 Å². The quantitative estimate of drug-likeness (QED) is 0.0391. The molecule has 0 aliphatic rings. The predicted molar refractivity (Wildman–Crippen MR) is 206 cm³/mol. The number of ether oxygens (including phenoxy) is 2. The number of hydrogen-bond donors (Lipinski definition) is 2. The highest BCUT2D eigenvalue weighted by Gasteiger charge is 2.12. The van der Waals surface area contributed by atoms with E-state index >= 15 is 0 Å². The number of aliphatic hydroxyl groups is 2. The van der Waals surface area contributed by atoms with Gasteiger partial charge in [-0.3, -0.25) is 9.59 Å². The van der Waals surface area contributed by atoms with Crippen LogP contribution in [0.25, 0.3) is 0 Å². The molecule has 284 valence electrons. The lowest BCUT2D eigenvalue weighted by Gasteiger charge is -2.12. The molecule has 0 unspecified atom stereocenters. The third-order valence-electron chi connectivity index (χ3n) is 8.66. The number of carbonyl (C=O) groups is 2. The Kier molecular flexibility index (Phi) is 35.4. The van der Waals surface area contributed by atoms with Crippen molar-refractivity contribution in [3.8, 4) is 0 Å². The molecule has 2 atom stereocenters. The van der Waals surface area contributed by atoms with Crippen molar-refractivity contribution in [2.75, 3.05) is 13.2 Å². The first-order chi connectivity index (χ1) is 23.8. The summed E-state index contributed by atoms with van der Waals surface area (Å²) in [6.45, 7) is 6.33. The van der Waals surface area contributed by atoms with Gasteiger partial charge in [-0.2, -0.15) is 0 Å². The number of esters is 2. The van der Waals surface area contributed by atoms with Crippen molar-refractivity contribution in [3.05, 3.63) is 48.6 Å². The molecule has 0 rings (SSSR count). The van der Waals surface area contributed by atoms with Crippen molar-refractivity contribution >= 4 is 11.9 Å². The van der Waals surface area contributed by atoms with E-state index in [1.165, 1.54) is 77.0 Å². The summed E-state index contributed by atoms with van der Waals surface area (Å²) in [7, 11) is 0. The van der Waals surface area contributed by atoms with Crippen LogP contribution in [-0.2, 0) is 19.1 Å². The van der Waals surface area contributed by atoms with Gasteiger partial charge in [0, 0.05) is 12.8 Å². The molecule has 0 aromatic heterocycles. The molecule has 0 heterocycles. The average molecular weight is 689 g/mol. The maximum atomic E-state index is 12.0. The summed E-state index contributed by atoms with van der Waals surface area (Å²) in [6.07, 6.45) is 42.6. The molecule has 0 aliphatic heterocycles. The van der Waals surface area contributed by atoms with Crippen LogP contribution in [0, 0.1) is 5.92 Å². The summed E-state index contributed by atoms with van der Waals surface area (Å²) in [5.41, 5.74) is 0. The van der Waals surface area contributed by atoms with Gasteiger partial charge in [0.15, 0.2) is 0 Å². The summed E-state index contributed by atoms with van der Waals surface area (Å²) in [6, 6.07) is 0. The molecule has 0 amide bonds. The van der Waals surface area contributed by atoms with Gasteiger partial charge in [-0.1, -0.05) is 159 Å². The van der Waals surface area contributed by atoms with Crippen LogP contribution in [0.5, 0.6) is 0 Å². The highest BCUT2D eigenvalue weighted by molar-refractivity contribution is 5.69.